The molecule has 2 aromatic rings. The first-order valence-electron chi connectivity index (χ1n) is 6.09. The van der Waals surface area contributed by atoms with Gasteiger partial charge < -0.3 is 14.8 Å². The fourth-order valence-corrected chi connectivity index (χ4v) is 2.26. The summed E-state index contributed by atoms with van der Waals surface area (Å²) in [5.41, 5.74) is 0.904. The Kier molecular flexibility index (Phi) is 2.92. The number of nitrogens with one attached hydrogen (secondary N) is 2. The van der Waals surface area contributed by atoms with Crippen molar-refractivity contribution in [1.29, 1.82) is 0 Å². The highest BCUT2D eigenvalue weighted by molar-refractivity contribution is 5.47. The molecule has 1 saturated heterocycles. The van der Waals surface area contributed by atoms with Gasteiger partial charge in [0.1, 0.15) is 0 Å². The maximum absolute atomic E-state index is 5.28. The molecule has 5 nitrogen and oxygen atoms in total. The second-order valence-corrected chi connectivity index (χ2v) is 4.51. The molecule has 0 bridgehead atoms. The van der Waals surface area contributed by atoms with Crippen molar-refractivity contribution >= 4 is 0 Å². The van der Waals surface area contributed by atoms with Gasteiger partial charge in [0.15, 0.2) is 0 Å². The molecule has 0 spiro atoms. The fourth-order valence-electron chi connectivity index (χ4n) is 2.26. The first-order chi connectivity index (χ1) is 8.42. The topological polar surface area (TPSA) is 66.7 Å². The highest BCUT2D eigenvalue weighted by Crippen LogP contribution is 2.18. The van der Waals surface area contributed by atoms with Gasteiger partial charge in [0.05, 0.1) is 5.69 Å². The second kappa shape index (κ2) is 4.71. The van der Waals surface area contributed by atoms with Crippen LogP contribution in [0.4, 0.5) is 0 Å². The van der Waals surface area contributed by atoms with Crippen molar-refractivity contribution in [3.63, 3.8) is 0 Å². The van der Waals surface area contributed by atoms with Crippen LogP contribution in [0, 0.1) is 5.92 Å². The van der Waals surface area contributed by atoms with Crippen LogP contribution in [0.3, 0.4) is 0 Å². The van der Waals surface area contributed by atoms with E-state index in [2.05, 4.69) is 20.4 Å². The third-order valence-corrected chi connectivity index (χ3v) is 3.17. The quantitative estimate of drug-likeness (QED) is 0.843. The molecule has 1 atom stereocenters. The number of H-pyrrole nitrogens is 1. The standard InChI is InChI=1S/C12H16N4O/c1-3-9(8-13-5-1)7-11-15-12(16-17-11)10-4-2-6-14-10/h2,4,6,9,13-14H,1,3,5,7-8H2. The number of hydrogen-bond donors (Lipinski definition) is 2. The van der Waals surface area contributed by atoms with Crippen molar-refractivity contribution in [3.05, 3.63) is 24.2 Å². The first kappa shape index (κ1) is 10.5. The summed E-state index contributed by atoms with van der Waals surface area (Å²) in [6.07, 6.45) is 5.21. The lowest BCUT2D eigenvalue weighted by Crippen LogP contribution is -2.30. The summed E-state index contributed by atoms with van der Waals surface area (Å²) in [6.45, 7) is 2.19. The molecular weight excluding hydrogens is 216 g/mol. The highest BCUT2D eigenvalue weighted by Gasteiger charge is 2.17. The molecule has 90 valence electrons. The minimum absolute atomic E-state index is 0.626. The Bertz CT molecular complexity index is 457. The molecule has 0 amide bonds. The molecular formula is C12H16N4O. The molecule has 0 aliphatic carbocycles. The van der Waals surface area contributed by atoms with Gasteiger partial charge in [0.2, 0.25) is 11.7 Å². The van der Waals surface area contributed by atoms with Gasteiger partial charge in [-0.15, -0.1) is 0 Å². The van der Waals surface area contributed by atoms with Gasteiger partial charge in [-0.2, -0.15) is 4.98 Å². The molecule has 1 unspecified atom stereocenters. The summed E-state index contributed by atoms with van der Waals surface area (Å²) < 4.78 is 5.28. The molecule has 1 fully saturated rings. The molecule has 17 heavy (non-hydrogen) atoms. The van der Waals surface area contributed by atoms with Crippen LogP contribution in [0.5, 0.6) is 0 Å². The van der Waals surface area contributed by atoms with E-state index in [9.17, 15) is 0 Å². The van der Waals surface area contributed by atoms with Gasteiger partial charge in [-0.3, -0.25) is 0 Å². The fraction of sp³-hybridized carbons (Fsp3) is 0.500. The lowest BCUT2D eigenvalue weighted by atomic mass is 9.96. The number of hydrogen-bond acceptors (Lipinski definition) is 4. The van der Waals surface area contributed by atoms with E-state index in [1.54, 1.807) is 0 Å². The summed E-state index contributed by atoms with van der Waals surface area (Å²) >= 11 is 0. The van der Waals surface area contributed by atoms with Gasteiger partial charge in [0.25, 0.3) is 0 Å². The Morgan fingerprint density at radius 1 is 1.47 bits per heavy atom. The van der Waals surface area contributed by atoms with Crippen LogP contribution in [0.25, 0.3) is 11.5 Å². The molecule has 3 rings (SSSR count). The van der Waals surface area contributed by atoms with E-state index in [0.717, 1.165) is 31.1 Å². The van der Waals surface area contributed by atoms with Crippen molar-refractivity contribution in [3.8, 4) is 11.5 Å². The average Bonchev–Trinajstić information content (AvgIpc) is 3.00. The third kappa shape index (κ3) is 2.39. The van der Waals surface area contributed by atoms with E-state index in [1.807, 2.05) is 18.3 Å². The largest absolute Gasteiger partial charge is 0.359 e. The zero-order valence-corrected chi connectivity index (χ0v) is 9.65. The van der Waals surface area contributed by atoms with Crippen molar-refractivity contribution in [2.45, 2.75) is 19.3 Å². The number of aromatic amines is 1. The predicted molar refractivity (Wildman–Crippen MR) is 63.4 cm³/mol. The summed E-state index contributed by atoms with van der Waals surface area (Å²) in [5, 5.41) is 7.38. The SMILES string of the molecule is c1c[nH]c(-c2noc(CC3CCCNC3)n2)c1. The van der Waals surface area contributed by atoms with E-state index < -0.39 is 0 Å². The van der Waals surface area contributed by atoms with Crippen LogP contribution in [0.15, 0.2) is 22.9 Å². The smallest absolute Gasteiger partial charge is 0.227 e. The van der Waals surface area contributed by atoms with E-state index >= 15 is 0 Å². The molecule has 1 aliphatic heterocycles. The average molecular weight is 232 g/mol. The Labute approximate surface area is 99.6 Å². The lowest BCUT2D eigenvalue weighted by Gasteiger charge is -2.20. The van der Waals surface area contributed by atoms with Gasteiger partial charge in [-0.1, -0.05) is 5.16 Å². The number of nitrogens with zero attached hydrogens (tertiary/aromatic N) is 2. The maximum atomic E-state index is 5.28. The third-order valence-electron chi connectivity index (χ3n) is 3.17. The summed E-state index contributed by atoms with van der Waals surface area (Å²) in [4.78, 5) is 7.48. The van der Waals surface area contributed by atoms with Crippen LogP contribution >= 0.6 is 0 Å². The first-order valence-corrected chi connectivity index (χ1v) is 6.09. The minimum atomic E-state index is 0.626. The molecule has 0 saturated carbocycles. The summed E-state index contributed by atoms with van der Waals surface area (Å²) in [7, 11) is 0. The number of piperidine rings is 1. The molecule has 0 radical (unpaired) electrons. The van der Waals surface area contributed by atoms with E-state index in [1.165, 1.54) is 12.8 Å². The molecule has 2 N–H and O–H groups in total. The van der Waals surface area contributed by atoms with Crippen molar-refractivity contribution in [1.82, 2.24) is 20.4 Å². The molecule has 3 heterocycles. The Morgan fingerprint density at radius 2 is 2.47 bits per heavy atom. The van der Waals surface area contributed by atoms with Crippen molar-refractivity contribution in [2.24, 2.45) is 5.92 Å². The minimum Gasteiger partial charge on any atom is -0.359 e. The van der Waals surface area contributed by atoms with E-state index in [-0.39, 0.29) is 0 Å². The van der Waals surface area contributed by atoms with Crippen LogP contribution in [0.2, 0.25) is 0 Å². The summed E-state index contributed by atoms with van der Waals surface area (Å²) in [6, 6.07) is 3.87. The Morgan fingerprint density at radius 3 is 3.24 bits per heavy atom. The van der Waals surface area contributed by atoms with Gasteiger partial charge >= 0.3 is 0 Å². The van der Waals surface area contributed by atoms with E-state index in [0.29, 0.717) is 11.7 Å². The Hall–Kier alpha value is -1.62. The molecule has 2 aromatic heterocycles. The molecule has 1 aliphatic rings. The predicted octanol–water partition coefficient (Wildman–Crippen LogP) is 1.61. The number of aromatic nitrogens is 3. The van der Waals surface area contributed by atoms with Crippen molar-refractivity contribution < 1.29 is 4.52 Å². The van der Waals surface area contributed by atoms with Gasteiger partial charge in [-0.25, -0.2) is 0 Å². The zero-order chi connectivity index (χ0) is 11.5. The molecule has 5 heteroatoms. The number of rotatable bonds is 3. The van der Waals surface area contributed by atoms with Gasteiger partial charge in [0, 0.05) is 12.6 Å². The summed E-state index contributed by atoms with van der Waals surface area (Å²) in [5.74, 6) is 2.01. The van der Waals surface area contributed by atoms with Crippen LogP contribution < -0.4 is 5.32 Å². The maximum Gasteiger partial charge on any atom is 0.227 e. The van der Waals surface area contributed by atoms with Gasteiger partial charge in [-0.05, 0) is 44.0 Å². The molecule has 0 aromatic carbocycles. The van der Waals surface area contributed by atoms with E-state index in [4.69, 9.17) is 4.52 Å². The second-order valence-electron chi connectivity index (χ2n) is 4.51. The van der Waals surface area contributed by atoms with Crippen LogP contribution in [0.1, 0.15) is 18.7 Å². The lowest BCUT2D eigenvalue weighted by molar-refractivity contribution is 0.316. The normalized spacial score (nSPS) is 20.6. The van der Waals surface area contributed by atoms with Crippen LogP contribution in [-0.2, 0) is 6.42 Å². The van der Waals surface area contributed by atoms with Crippen molar-refractivity contribution in [2.75, 3.05) is 13.1 Å². The highest BCUT2D eigenvalue weighted by atomic mass is 16.5. The monoisotopic (exact) mass is 232 g/mol. The Balaban J connectivity index is 1.68. The van der Waals surface area contributed by atoms with Crippen LogP contribution in [-0.4, -0.2) is 28.2 Å². The zero-order valence-electron chi connectivity index (χ0n) is 9.65.